The fourth-order valence-corrected chi connectivity index (χ4v) is 1.05. The van der Waals surface area contributed by atoms with Crippen molar-refractivity contribution in [1.82, 2.24) is 0 Å². The van der Waals surface area contributed by atoms with Crippen LogP contribution in [0.2, 0.25) is 0 Å². The number of carbonyl (C=O) groups is 1. The second-order valence-electron chi connectivity index (χ2n) is 3.51. The van der Waals surface area contributed by atoms with E-state index in [9.17, 15) is 4.79 Å². The number of hydrogen-bond acceptors (Lipinski definition) is 2. The number of carbonyl (C=O) groups excluding carboxylic acids is 1. The van der Waals surface area contributed by atoms with Gasteiger partial charge in [0.2, 0.25) is 5.24 Å². The largest absolute Gasteiger partial charge is 0.366 e. The van der Waals surface area contributed by atoms with Crippen molar-refractivity contribution >= 4 is 32.4 Å². The van der Waals surface area contributed by atoms with Crippen LogP contribution in [0.1, 0.15) is 13.8 Å². The maximum atomic E-state index is 10.9. The van der Waals surface area contributed by atoms with E-state index in [0.717, 1.165) is 0 Å². The van der Waals surface area contributed by atoms with Gasteiger partial charge in [0.15, 0.2) is 7.57 Å². The van der Waals surface area contributed by atoms with E-state index in [-0.39, 0.29) is 13.3 Å². The van der Waals surface area contributed by atoms with Gasteiger partial charge in [-0.3, -0.25) is 4.79 Å². The van der Waals surface area contributed by atoms with Crippen molar-refractivity contribution in [3.63, 3.8) is 0 Å². The van der Waals surface area contributed by atoms with E-state index >= 15 is 0 Å². The molecule has 0 aromatic carbocycles. The Morgan fingerprint density at radius 1 is 1.69 bits per heavy atom. The van der Waals surface area contributed by atoms with Gasteiger partial charge in [-0.05, 0) is 40.1 Å². The SMILES string of the molecule is BP(C)OC/C=C/C(C)(C)C(=O)Cl. The molecule has 0 aliphatic heterocycles. The predicted octanol–water partition coefficient (Wildman–Crippen LogP) is 1.93. The molecule has 2 nitrogen and oxygen atoms in total. The first kappa shape index (κ1) is 13.2. The van der Waals surface area contributed by atoms with E-state index in [4.69, 9.17) is 16.1 Å². The summed E-state index contributed by atoms with van der Waals surface area (Å²) >= 11 is 5.38. The summed E-state index contributed by atoms with van der Waals surface area (Å²) in [5, 5.41) is -0.348. The number of hydrogen-bond donors (Lipinski definition) is 0. The molecule has 0 N–H and O–H groups in total. The molecular weight excluding hydrogens is 205 g/mol. The summed E-state index contributed by atoms with van der Waals surface area (Å²) in [5.74, 6) is 0. The van der Waals surface area contributed by atoms with Gasteiger partial charge in [-0.2, -0.15) is 0 Å². The number of rotatable bonds is 5. The third kappa shape index (κ3) is 6.26. The van der Waals surface area contributed by atoms with Crippen LogP contribution in [0.3, 0.4) is 0 Å². The lowest BCUT2D eigenvalue weighted by molar-refractivity contribution is -0.116. The van der Waals surface area contributed by atoms with Gasteiger partial charge < -0.3 is 4.52 Å². The quantitative estimate of drug-likeness (QED) is 0.306. The van der Waals surface area contributed by atoms with Crippen LogP contribution in [0.15, 0.2) is 12.2 Å². The van der Waals surface area contributed by atoms with Gasteiger partial charge in [0.1, 0.15) is 0 Å². The van der Waals surface area contributed by atoms with E-state index in [2.05, 4.69) is 0 Å². The summed E-state index contributed by atoms with van der Waals surface area (Å²) < 4.78 is 5.34. The van der Waals surface area contributed by atoms with Crippen LogP contribution in [0, 0.1) is 5.41 Å². The van der Waals surface area contributed by atoms with Gasteiger partial charge in [0, 0.05) is 0 Å². The zero-order valence-electron chi connectivity index (χ0n) is 8.50. The van der Waals surface area contributed by atoms with Crippen LogP contribution in [-0.2, 0) is 9.32 Å². The molecule has 0 heterocycles. The normalized spacial score (nSPS) is 14.8. The Morgan fingerprint density at radius 3 is 2.62 bits per heavy atom. The lowest BCUT2D eigenvalue weighted by Crippen LogP contribution is -2.15. The molecular formula is C8H15BClO2P. The molecule has 0 saturated carbocycles. The minimum atomic E-state index is -0.588. The molecule has 0 rings (SSSR count). The average molecular weight is 220 g/mol. The Bertz CT molecular complexity index is 204. The smallest absolute Gasteiger partial charge is 0.231 e. The molecule has 0 radical (unpaired) electrons. The monoisotopic (exact) mass is 220 g/mol. The average Bonchev–Trinajstić information content (AvgIpc) is 1.97. The fraction of sp³-hybridized carbons (Fsp3) is 0.625. The van der Waals surface area contributed by atoms with E-state index in [1.165, 1.54) is 0 Å². The molecule has 0 fully saturated rings. The Hall–Kier alpha value is 0.155. The van der Waals surface area contributed by atoms with Gasteiger partial charge in [-0.1, -0.05) is 12.2 Å². The second-order valence-corrected chi connectivity index (χ2v) is 5.73. The first-order valence-electron chi connectivity index (χ1n) is 4.04. The van der Waals surface area contributed by atoms with Crippen LogP contribution in [0.5, 0.6) is 0 Å². The van der Waals surface area contributed by atoms with Gasteiger partial charge >= 0.3 is 0 Å². The Labute approximate surface area is 86.9 Å². The van der Waals surface area contributed by atoms with Gasteiger partial charge in [-0.15, -0.1) is 0 Å². The van der Waals surface area contributed by atoms with Gasteiger partial charge in [-0.25, -0.2) is 0 Å². The predicted molar refractivity (Wildman–Crippen MR) is 61.1 cm³/mol. The number of allylic oxidation sites excluding steroid dienone is 1. The summed E-state index contributed by atoms with van der Waals surface area (Å²) in [6.07, 6.45) is 3.61. The molecule has 1 atom stereocenters. The maximum Gasteiger partial charge on any atom is 0.231 e. The standard InChI is InChI=1S/C8H15BClO2P/c1-8(2,7(10)11)5-4-6-12-13(3)9/h4-5H,6,9H2,1-3H3/b5-4+. The van der Waals surface area contributed by atoms with Crippen molar-refractivity contribution in [2.45, 2.75) is 13.8 Å². The Balaban J connectivity index is 3.90. The van der Waals surface area contributed by atoms with Crippen molar-refractivity contribution in [3.05, 3.63) is 12.2 Å². The van der Waals surface area contributed by atoms with E-state index in [1.807, 2.05) is 20.3 Å². The van der Waals surface area contributed by atoms with Crippen LogP contribution < -0.4 is 0 Å². The lowest BCUT2D eigenvalue weighted by atomic mass is 9.95. The summed E-state index contributed by atoms with van der Waals surface area (Å²) in [4.78, 5) is 10.9. The highest BCUT2D eigenvalue weighted by molar-refractivity contribution is 7.77. The molecule has 0 saturated heterocycles. The van der Waals surface area contributed by atoms with Crippen molar-refractivity contribution in [2.24, 2.45) is 5.41 Å². The minimum absolute atomic E-state index is 0.332. The zero-order valence-corrected chi connectivity index (χ0v) is 10.2. The molecule has 74 valence electrons. The Kier molecular flexibility index (Phi) is 5.86. The zero-order chi connectivity index (χ0) is 10.5. The van der Waals surface area contributed by atoms with Gasteiger partial charge in [0.25, 0.3) is 0 Å². The second kappa shape index (κ2) is 5.80. The summed E-state index contributed by atoms with van der Waals surface area (Å²) in [6, 6.07) is 0. The minimum Gasteiger partial charge on any atom is -0.366 e. The van der Waals surface area contributed by atoms with Crippen LogP contribution in [0.4, 0.5) is 0 Å². The van der Waals surface area contributed by atoms with E-state index < -0.39 is 5.41 Å². The highest BCUT2D eigenvalue weighted by Crippen LogP contribution is 2.25. The summed E-state index contributed by atoms with van der Waals surface area (Å²) in [7, 11) is 1.70. The van der Waals surface area contributed by atoms with E-state index in [1.54, 1.807) is 19.9 Å². The molecule has 13 heavy (non-hydrogen) atoms. The van der Waals surface area contributed by atoms with E-state index in [0.29, 0.717) is 6.61 Å². The topological polar surface area (TPSA) is 26.3 Å². The molecule has 5 heteroatoms. The third-order valence-electron chi connectivity index (χ3n) is 1.47. The molecule has 0 bridgehead atoms. The highest BCUT2D eigenvalue weighted by atomic mass is 35.5. The first-order chi connectivity index (χ1) is 5.86. The van der Waals surface area contributed by atoms with Crippen molar-refractivity contribution in [2.75, 3.05) is 13.3 Å². The maximum absolute atomic E-state index is 10.9. The van der Waals surface area contributed by atoms with Crippen LogP contribution in [0.25, 0.3) is 0 Å². The molecule has 0 aliphatic carbocycles. The third-order valence-corrected chi connectivity index (χ3v) is 2.62. The lowest BCUT2D eigenvalue weighted by Gasteiger charge is -2.13. The van der Waals surface area contributed by atoms with Crippen molar-refractivity contribution in [1.29, 1.82) is 0 Å². The number of halogens is 1. The summed E-state index contributed by atoms with van der Waals surface area (Å²) in [6.45, 7) is 6.13. The van der Waals surface area contributed by atoms with Crippen LogP contribution in [-0.4, -0.2) is 26.1 Å². The first-order valence-corrected chi connectivity index (χ1v) is 6.57. The molecule has 1 unspecified atom stereocenters. The summed E-state index contributed by atoms with van der Waals surface area (Å²) in [5.41, 5.74) is -0.588. The van der Waals surface area contributed by atoms with Crippen molar-refractivity contribution in [3.8, 4) is 0 Å². The molecule has 0 aromatic rings. The molecule has 0 aliphatic rings. The molecule has 0 aromatic heterocycles. The van der Waals surface area contributed by atoms with Crippen LogP contribution >= 0.6 is 19.6 Å². The van der Waals surface area contributed by atoms with Gasteiger partial charge in [0.05, 0.1) is 12.0 Å². The van der Waals surface area contributed by atoms with Crippen molar-refractivity contribution < 1.29 is 9.32 Å². The fourth-order valence-electron chi connectivity index (χ4n) is 0.600. The Morgan fingerprint density at radius 2 is 2.23 bits per heavy atom. The molecule has 0 amide bonds. The molecule has 0 spiro atoms. The highest BCUT2D eigenvalue weighted by Gasteiger charge is 2.21.